The molecule has 0 fully saturated rings. The highest BCUT2D eigenvalue weighted by molar-refractivity contribution is 6.30. The number of halogens is 1. The van der Waals surface area contributed by atoms with E-state index in [0.29, 0.717) is 48.2 Å². The number of hydrogen-bond acceptors (Lipinski definition) is 6. The van der Waals surface area contributed by atoms with Crippen LogP contribution in [0.1, 0.15) is 23.3 Å². The van der Waals surface area contributed by atoms with Crippen LogP contribution in [0.2, 0.25) is 5.02 Å². The second-order valence-electron chi connectivity index (χ2n) is 7.12. The van der Waals surface area contributed by atoms with Crippen LogP contribution in [0, 0.1) is 0 Å². The SMILES string of the molecule is NC(=O)c1cn(CC(O)CCCOc2ccc3nc(-c4ccc(Cl)cc4)oc3c2)cn1. The van der Waals surface area contributed by atoms with Crippen molar-refractivity contribution >= 4 is 28.6 Å². The predicted molar refractivity (Wildman–Crippen MR) is 116 cm³/mol. The number of ether oxygens (including phenoxy) is 1. The molecule has 0 aliphatic rings. The van der Waals surface area contributed by atoms with Gasteiger partial charge in [-0.2, -0.15) is 0 Å². The molecule has 8 nitrogen and oxygen atoms in total. The van der Waals surface area contributed by atoms with Crippen molar-refractivity contribution in [2.45, 2.75) is 25.5 Å². The van der Waals surface area contributed by atoms with E-state index in [-0.39, 0.29) is 5.69 Å². The lowest BCUT2D eigenvalue weighted by atomic mass is 10.2. The minimum atomic E-state index is -0.592. The lowest BCUT2D eigenvalue weighted by Gasteiger charge is -2.11. The molecule has 4 rings (SSSR count). The van der Waals surface area contributed by atoms with Crippen LogP contribution >= 0.6 is 11.6 Å². The van der Waals surface area contributed by atoms with Crippen molar-refractivity contribution in [2.75, 3.05) is 6.61 Å². The zero-order chi connectivity index (χ0) is 21.8. The van der Waals surface area contributed by atoms with Gasteiger partial charge in [-0.05, 0) is 49.2 Å². The topological polar surface area (TPSA) is 116 Å². The highest BCUT2D eigenvalue weighted by Crippen LogP contribution is 2.28. The van der Waals surface area contributed by atoms with Crippen molar-refractivity contribution in [3.8, 4) is 17.2 Å². The number of fused-ring (bicyclic) bond motifs is 1. The molecule has 3 N–H and O–H groups in total. The quantitative estimate of drug-likeness (QED) is 0.383. The number of oxazole rings is 1. The molecule has 9 heteroatoms. The predicted octanol–water partition coefficient (Wildman–Crippen LogP) is 3.66. The van der Waals surface area contributed by atoms with E-state index in [0.717, 1.165) is 11.1 Å². The normalized spacial score (nSPS) is 12.2. The maximum atomic E-state index is 11.1. The minimum Gasteiger partial charge on any atom is -0.493 e. The van der Waals surface area contributed by atoms with E-state index in [1.165, 1.54) is 12.5 Å². The van der Waals surface area contributed by atoms with Crippen molar-refractivity contribution in [1.82, 2.24) is 14.5 Å². The number of carbonyl (C=O) groups is 1. The number of aliphatic hydroxyl groups is 1. The Morgan fingerprint density at radius 3 is 2.81 bits per heavy atom. The Labute approximate surface area is 183 Å². The fraction of sp³-hybridized carbons (Fsp3) is 0.227. The molecule has 2 aromatic heterocycles. The van der Waals surface area contributed by atoms with Crippen LogP contribution in [-0.2, 0) is 6.54 Å². The first-order chi connectivity index (χ1) is 15.0. The van der Waals surface area contributed by atoms with Gasteiger partial charge in [0.25, 0.3) is 5.91 Å². The molecule has 0 bridgehead atoms. The van der Waals surface area contributed by atoms with Crippen molar-refractivity contribution < 1.29 is 19.1 Å². The summed E-state index contributed by atoms with van der Waals surface area (Å²) in [5, 5.41) is 10.8. The third kappa shape index (κ3) is 5.22. The first kappa shape index (κ1) is 20.9. The van der Waals surface area contributed by atoms with Crippen LogP contribution in [0.5, 0.6) is 5.75 Å². The summed E-state index contributed by atoms with van der Waals surface area (Å²) >= 11 is 5.93. The molecule has 0 radical (unpaired) electrons. The summed E-state index contributed by atoms with van der Waals surface area (Å²) < 4.78 is 13.3. The molecule has 0 saturated heterocycles. The molecular weight excluding hydrogens is 420 g/mol. The number of nitrogens with zero attached hydrogens (tertiary/aromatic N) is 3. The zero-order valence-electron chi connectivity index (χ0n) is 16.6. The fourth-order valence-electron chi connectivity index (χ4n) is 3.14. The standard InChI is InChI=1S/C22H21ClN4O4/c23-15-5-3-14(4-6-15)22-26-18-8-7-17(10-20(18)31-22)30-9-1-2-16(28)11-27-12-19(21(24)29)25-13-27/h3-8,10,12-13,16,28H,1-2,9,11H2,(H2,24,29). The zero-order valence-corrected chi connectivity index (χ0v) is 17.3. The molecule has 31 heavy (non-hydrogen) atoms. The Balaban J connectivity index is 1.28. The lowest BCUT2D eigenvalue weighted by molar-refractivity contribution is 0.0995. The summed E-state index contributed by atoms with van der Waals surface area (Å²) in [6.07, 6.45) is 3.60. The largest absolute Gasteiger partial charge is 0.493 e. The number of aliphatic hydroxyl groups excluding tert-OH is 1. The first-order valence-corrected chi connectivity index (χ1v) is 10.1. The van der Waals surface area contributed by atoms with Crippen LogP contribution in [0.25, 0.3) is 22.6 Å². The Kier molecular flexibility index (Phi) is 6.20. The van der Waals surface area contributed by atoms with Gasteiger partial charge in [-0.25, -0.2) is 9.97 Å². The average Bonchev–Trinajstić information content (AvgIpc) is 3.38. The number of amides is 1. The van der Waals surface area contributed by atoms with Gasteiger partial charge in [0.2, 0.25) is 5.89 Å². The summed E-state index contributed by atoms with van der Waals surface area (Å²) in [7, 11) is 0. The number of imidazole rings is 1. The van der Waals surface area contributed by atoms with Gasteiger partial charge in [-0.15, -0.1) is 0 Å². The molecular formula is C22H21ClN4O4. The van der Waals surface area contributed by atoms with Gasteiger partial charge in [-0.1, -0.05) is 11.6 Å². The second-order valence-corrected chi connectivity index (χ2v) is 7.56. The number of aromatic nitrogens is 3. The summed E-state index contributed by atoms with van der Waals surface area (Å²) in [5.41, 5.74) is 7.57. The summed E-state index contributed by atoms with van der Waals surface area (Å²) in [5.74, 6) is 0.595. The Hall–Kier alpha value is -3.36. The number of rotatable bonds is 9. The number of nitrogens with two attached hydrogens (primary N) is 1. The molecule has 1 atom stereocenters. The van der Waals surface area contributed by atoms with E-state index in [1.54, 1.807) is 22.8 Å². The molecule has 2 aromatic carbocycles. The molecule has 160 valence electrons. The third-order valence-electron chi connectivity index (χ3n) is 4.71. The fourth-order valence-corrected chi connectivity index (χ4v) is 3.27. The second kappa shape index (κ2) is 9.20. The van der Waals surface area contributed by atoms with Crippen LogP contribution < -0.4 is 10.5 Å². The van der Waals surface area contributed by atoms with E-state index in [1.807, 2.05) is 24.3 Å². The number of primary amides is 1. The highest BCUT2D eigenvalue weighted by Gasteiger charge is 2.11. The smallest absolute Gasteiger partial charge is 0.268 e. The van der Waals surface area contributed by atoms with Crippen molar-refractivity contribution in [3.05, 3.63) is 65.7 Å². The van der Waals surface area contributed by atoms with Crippen molar-refractivity contribution in [1.29, 1.82) is 0 Å². The molecule has 1 unspecified atom stereocenters. The molecule has 0 spiro atoms. The summed E-state index contributed by atoms with van der Waals surface area (Å²) in [6.45, 7) is 0.773. The summed E-state index contributed by atoms with van der Waals surface area (Å²) in [4.78, 5) is 19.4. The van der Waals surface area contributed by atoms with Crippen LogP contribution in [0.4, 0.5) is 0 Å². The molecule has 1 amide bonds. The monoisotopic (exact) mass is 440 g/mol. The van der Waals surface area contributed by atoms with Gasteiger partial charge in [0.1, 0.15) is 17.0 Å². The van der Waals surface area contributed by atoms with Gasteiger partial charge in [0.05, 0.1) is 19.0 Å². The van der Waals surface area contributed by atoms with Crippen molar-refractivity contribution in [3.63, 3.8) is 0 Å². The first-order valence-electron chi connectivity index (χ1n) is 9.77. The minimum absolute atomic E-state index is 0.178. The van der Waals surface area contributed by atoms with Crippen LogP contribution in [0.3, 0.4) is 0 Å². The van der Waals surface area contributed by atoms with Crippen LogP contribution in [0.15, 0.2) is 59.4 Å². The van der Waals surface area contributed by atoms with E-state index in [9.17, 15) is 9.90 Å². The van der Waals surface area contributed by atoms with E-state index in [4.69, 9.17) is 26.5 Å². The van der Waals surface area contributed by atoms with Gasteiger partial charge < -0.3 is 24.6 Å². The van der Waals surface area contributed by atoms with E-state index < -0.39 is 12.0 Å². The van der Waals surface area contributed by atoms with Gasteiger partial charge >= 0.3 is 0 Å². The number of hydrogen-bond donors (Lipinski definition) is 2. The van der Waals surface area contributed by atoms with Crippen LogP contribution in [-0.4, -0.2) is 38.3 Å². The van der Waals surface area contributed by atoms with E-state index in [2.05, 4.69) is 9.97 Å². The number of carbonyl (C=O) groups excluding carboxylic acids is 1. The van der Waals surface area contributed by atoms with Gasteiger partial charge in [0.15, 0.2) is 5.58 Å². The Morgan fingerprint density at radius 1 is 1.26 bits per heavy atom. The Morgan fingerprint density at radius 2 is 2.06 bits per heavy atom. The van der Waals surface area contributed by atoms with E-state index >= 15 is 0 Å². The molecule has 2 heterocycles. The molecule has 0 aliphatic heterocycles. The van der Waals surface area contributed by atoms with Crippen molar-refractivity contribution in [2.24, 2.45) is 5.73 Å². The average molecular weight is 441 g/mol. The summed E-state index contributed by atoms with van der Waals surface area (Å²) in [6, 6.07) is 12.8. The maximum absolute atomic E-state index is 11.1. The van der Waals surface area contributed by atoms with Gasteiger partial charge in [0, 0.05) is 29.4 Å². The molecule has 0 aliphatic carbocycles. The lowest BCUT2D eigenvalue weighted by Crippen LogP contribution is -2.16. The molecule has 0 saturated carbocycles. The maximum Gasteiger partial charge on any atom is 0.268 e. The Bertz CT molecular complexity index is 1190. The highest BCUT2D eigenvalue weighted by atomic mass is 35.5. The molecule has 4 aromatic rings. The number of benzene rings is 2. The third-order valence-corrected chi connectivity index (χ3v) is 4.96. The van der Waals surface area contributed by atoms with Gasteiger partial charge in [-0.3, -0.25) is 4.79 Å².